The highest BCUT2D eigenvalue weighted by atomic mass is 16.2. The van der Waals surface area contributed by atoms with Crippen molar-refractivity contribution < 1.29 is 4.79 Å². The number of likely N-dealkylation sites (N-methyl/N-ethyl adjacent to an activating group) is 1. The van der Waals surface area contributed by atoms with Gasteiger partial charge in [-0.2, -0.15) is 0 Å². The molecule has 2 N–H and O–H groups in total. The standard InChI is InChI=1S/C13H20N4O/c1-10-7-12(15-8-11(10)14)16(2)9-13(18)17-5-3-4-6-17/h7-8H,3-6,9,14H2,1-2H3. The van der Waals surface area contributed by atoms with E-state index in [4.69, 9.17) is 5.73 Å². The summed E-state index contributed by atoms with van der Waals surface area (Å²) in [6.07, 6.45) is 3.88. The number of nitrogens with zero attached hydrogens (tertiary/aromatic N) is 3. The van der Waals surface area contributed by atoms with E-state index in [0.717, 1.165) is 37.3 Å². The maximum absolute atomic E-state index is 12.0. The van der Waals surface area contributed by atoms with Crippen LogP contribution in [-0.4, -0.2) is 42.5 Å². The summed E-state index contributed by atoms with van der Waals surface area (Å²) in [5.41, 5.74) is 7.40. The molecule has 1 aliphatic rings. The fourth-order valence-electron chi connectivity index (χ4n) is 2.11. The summed E-state index contributed by atoms with van der Waals surface area (Å²) in [5, 5.41) is 0. The molecule has 0 spiro atoms. The molecule has 5 nitrogen and oxygen atoms in total. The smallest absolute Gasteiger partial charge is 0.242 e. The minimum absolute atomic E-state index is 0.172. The summed E-state index contributed by atoms with van der Waals surface area (Å²) < 4.78 is 0. The molecule has 18 heavy (non-hydrogen) atoms. The van der Waals surface area contributed by atoms with Crippen molar-refractivity contribution in [3.05, 3.63) is 17.8 Å². The van der Waals surface area contributed by atoms with E-state index < -0.39 is 0 Å². The minimum Gasteiger partial charge on any atom is -0.397 e. The van der Waals surface area contributed by atoms with Crippen molar-refractivity contribution in [3.8, 4) is 0 Å². The molecule has 0 radical (unpaired) electrons. The van der Waals surface area contributed by atoms with Crippen LogP contribution in [0.1, 0.15) is 18.4 Å². The lowest BCUT2D eigenvalue weighted by molar-refractivity contribution is -0.128. The summed E-state index contributed by atoms with van der Waals surface area (Å²) in [4.78, 5) is 20.0. The lowest BCUT2D eigenvalue weighted by Crippen LogP contribution is -2.37. The number of likely N-dealkylation sites (tertiary alicyclic amines) is 1. The van der Waals surface area contributed by atoms with Crippen LogP contribution in [0.5, 0.6) is 0 Å². The van der Waals surface area contributed by atoms with Crippen LogP contribution in [0.25, 0.3) is 0 Å². The number of aryl methyl sites for hydroxylation is 1. The van der Waals surface area contributed by atoms with Gasteiger partial charge in [-0.3, -0.25) is 4.79 Å². The zero-order chi connectivity index (χ0) is 13.1. The molecule has 1 fully saturated rings. The van der Waals surface area contributed by atoms with E-state index in [2.05, 4.69) is 4.98 Å². The predicted molar refractivity (Wildman–Crippen MR) is 72.5 cm³/mol. The summed E-state index contributed by atoms with van der Waals surface area (Å²) in [7, 11) is 1.88. The molecule has 0 unspecified atom stereocenters. The molecular formula is C13H20N4O. The number of carbonyl (C=O) groups is 1. The number of hydrogen-bond acceptors (Lipinski definition) is 4. The maximum atomic E-state index is 12.0. The summed E-state index contributed by atoms with van der Waals surface area (Å²) >= 11 is 0. The van der Waals surface area contributed by atoms with Crippen LogP contribution < -0.4 is 10.6 Å². The normalized spacial score (nSPS) is 14.9. The number of rotatable bonds is 3. The van der Waals surface area contributed by atoms with E-state index in [1.165, 1.54) is 0 Å². The van der Waals surface area contributed by atoms with Gasteiger partial charge in [0.2, 0.25) is 5.91 Å². The maximum Gasteiger partial charge on any atom is 0.242 e. The molecule has 0 aliphatic carbocycles. The third kappa shape index (κ3) is 2.72. The highest BCUT2D eigenvalue weighted by Crippen LogP contribution is 2.16. The Hall–Kier alpha value is -1.78. The second-order valence-corrected chi connectivity index (χ2v) is 4.84. The van der Waals surface area contributed by atoms with Crippen LogP contribution in [0.15, 0.2) is 12.3 Å². The van der Waals surface area contributed by atoms with E-state index in [1.807, 2.05) is 29.8 Å². The third-order valence-electron chi connectivity index (χ3n) is 3.36. The van der Waals surface area contributed by atoms with Gasteiger partial charge in [-0.15, -0.1) is 0 Å². The van der Waals surface area contributed by atoms with Crippen molar-refractivity contribution in [1.82, 2.24) is 9.88 Å². The van der Waals surface area contributed by atoms with Crippen molar-refractivity contribution in [2.24, 2.45) is 0 Å². The Kier molecular flexibility index (Phi) is 3.69. The van der Waals surface area contributed by atoms with E-state index >= 15 is 0 Å². The average molecular weight is 248 g/mol. The molecule has 1 amide bonds. The number of aromatic nitrogens is 1. The van der Waals surface area contributed by atoms with Gasteiger partial charge in [0.05, 0.1) is 18.4 Å². The van der Waals surface area contributed by atoms with E-state index in [9.17, 15) is 4.79 Å². The molecule has 2 heterocycles. The van der Waals surface area contributed by atoms with Gasteiger partial charge in [0.15, 0.2) is 0 Å². The van der Waals surface area contributed by atoms with Crippen molar-refractivity contribution in [3.63, 3.8) is 0 Å². The number of carbonyl (C=O) groups excluding carboxylic acids is 1. The SMILES string of the molecule is Cc1cc(N(C)CC(=O)N2CCCC2)ncc1N. The van der Waals surface area contributed by atoms with E-state index in [-0.39, 0.29) is 5.91 Å². The molecule has 0 atom stereocenters. The Morgan fingerprint density at radius 3 is 2.78 bits per heavy atom. The largest absolute Gasteiger partial charge is 0.397 e. The molecule has 1 aromatic rings. The second kappa shape index (κ2) is 5.25. The second-order valence-electron chi connectivity index (χ2n) is 4.84. The highest BCUT2D eigenvalue weighted by Gasteiger charge is 2.19. The van der Waals surface area contributed by atoms with Gasteiger partial charge in [-0.25, -0.2) is 4.98 Å². The molecule has 0 saturated carbocycles. The van der Waals surface area contributed by atoms with Gasteiger partial charge in [0, 0.05) is 20.1 Å². The fourth-order valence-corrected chi connectivity index (χ4v) is 2.11. The fraction of sp³-hybridized carbons (Fsp3) is 0.538. The van der Waals surface area contributed by atoms with Crippen LogP contribution in [-0.2, 0) is 4.79 Å². The van der Waals surface area contributed by atoms with Crippen molar-refractivity contribution in [2.45, 2.75) is 19.8 Å². The van der Waals surface area contributed by atoms with E-state index in [0.29, 0.717) is 12.2 Å². The van der Waals surface area contributed by atoms with Gasteiger partial charge in [0.25, 0.3) is 0 Å². The number of nitrogen functional groups attached to an aromatic ring is 1. The molecular weight excluding hydrogens is 228 g/mol. The van der Waals surface area contributed by atoms with Gasteiger partial charge in [0.1, 0.15) is 5.82 Å². The molecule has 0 aromatic carbocycles. The Labute approximate surface area is 108 Å². The lowest BCUT2D eigenvalue weighted by Gasteiger charge is -2.22. The highest BCUT2D eigenvalue weighted by molar-refractivity contribution is 5.81. The monoisotopic (exact) mass is 248 g/mol. The first kappa shape index (κ1) is 12.7. The Morgan fingerprint density at radius 2 is 2.17 bits per heavy atom. The van der Waals surface area contributed by atoms with E-state index in [1.54, 1.807) is 6.20 Å². The minimum atomic E-state index is 0.172. The molecule has 98 valence electrons. The molecule has 1 aliphatic heterocycles. The molecule has 1 aromatic heterocycles. The molecule has 1 saturated heterocycles. The van der Waals surface area contributed by atoms with Crippen LogP contribution in [0.4, 0.5) is 11.5 Å². The van der Waals surface area contributed by atoms with Gasteiger partial charge >= 0.3 is 0 Å². The van der Waals surface area contributed by atoms with Crippen molar-refractivity contribution >= 4 is 17.4 Å². The molecule has 0 bridgehead atoms. The van der Waals surface area contributed by atoms with Gasteiger partial charge in [-0.1, -0.05) is 0 Å². The predicted octanol–water partition coefficient (Wildman–Crippen LogP) is 1.03. The first-order valence-electron chi connectivity index (χ1n) is 6.29. The summed E-state index contributed by atoms with van der Waals surface area (Å²) in [6.45, 7) is 4.09. The zero-order valence-electron chi connectivity index (χ0n) is 11.0. The van der Waals surface area contributed by atoms with Crippen LogP contribution >= 0.6 is 0 Å². The third-order valence-corrected chi connectivity index (χ3v) is 3.36. The number of hydrogen-bond donors (Lipinski definition) is 1. The van der Waals surface area contributed by atoms with Gasteiger partial charge < -0.3 is 15.5 Å². The van der Waals surface area contributed by atoms with Crippen LogP contribution in [0.2, 0.25) is 0 Å². The first-order valence-corrected chi connectivity index (χ1v) is 6.29. The Morgan fingerprint density at radius 1 is 1.50 bits per heavy atom. The topological polar surface area (TPSA) is 62.5 Å². The van der Waals surface area contributed by atoms with Crippen molar-refractivity contribution in [1.29, 1.82) is 0 Å². The summed E-state index contributed by atoms with van der Waals surface area (Å²) in [6, 6.07) is 1.91. The molecule has 2 rings (SSSR count). The quantitative estimate of drug-likeness (QED) is 0.868. The number of anilines is 2. The van der Waals surface area contributed by atoms with Crippen LogP contribution in [0.3, 0.4) is 0 Å². The summed E-state index contributed by atoms with van der Waals surface area (Å²) in [5.74, 6) is 0.959. The number of pyridine rings is 1. The van der Waals surface area contributed by atoms with Crippen molar-refractivity contribution in [2.75, 3.05) is 37.3 Å². The molecule has 5 heteroatoms. The number of amides is 1. The lowest BCUT2D eigenvalue weighted by atomic mass is 10.2. The average Bonchev–Trinajstić information content (AvgIpc) is 2.86. The van der Waals surface area contributed by atoms with Gasteiger partial charge in [-0.05, 0) is 31.4 Å². The Balaban J connectivity index is 2.00. The number of nitrogens with two attached hydrogens (primary N) is 1. The zero-order valence-corrected chi connectivity index (χ0v) is 11.0. The van der Waals surface area contributed by atoms with Crippen LogP contribution in [0, 0.1) is 6.92 Å². The first-order chi connectivity index (χ1) is 8.58. The Bertz CT molecular complexity index is 441.